The van der Waals surface area contributed by atoms with Gasteiger partial charge in [0.15, 0.2) is 0 Å². The van der Waals surface area contributed by atoms with E-state index in [4.69, 9.17) is 4.74 Å². The first-order valence-electron chi connectivity index (χ1n) is 6.77. The fourth-order valence-electron chi connectivity index (χ4n) is 2.00. The van der Waals surface area contributed by atoms with Crippen LogP contribution in [-0.4, -0.2) is 29.1 Å². The van der Waals surface area contributed by atoms with E-state index in [9.17, 15) is 9.59 Å². The minimum atomic E-state index is -0.625. The van der Waals surface area contributed by atoms with E-state index in [1.54, 1.807) is 42.5 Å². The lowest BCUT2D eigenvalue weighted by Crippen LogP contribution is -2.11. The second-order valence-corrected chi connectivity index (χ2v) is 4.64. The molecule has 2 N–H and O–H groups in total. The average molecular weight is 311 g/mol. The highest BCUT2D eigenvalue weighted by Gasteiger charge is 2.11. The van der Waals surface area contributed by atoms with Crippen LogP contribution in [0.1, 0.15) is 10.4 Å². The zero-order valence-corrected chi connectivity index (χ0v) is 12.2. The summed E-state index contributed by atoms with van der Waals surface area (Å²) in [5.74, 6) is 0.176. The van der Waals surface area contributed by atoms with Crippen molar-refractivity contribution in [3.05, 3.63) is 54.1 Å². The highest BCUT2D eigenvalue weighted by Crippen LogP contribution is 2.21. The summed E-state index contributed by atoms with van der Waals surface area (Å²) in [7, 11) is 1.26. The van der Waals surface area contributed by atoms with Crippen LogP contribution in [0.5, 0.6) is 5.75 Å². The highest BCUT2D eigenvalue weighted by atomic mass is 16.5. The number of ether oxygens (including phenoxy) is 2. The molecule has 23 heavy (non-hydrogen) atoms. The van der Waals surface area contributed by atoms with Gasteiger partial charge in [-0.25, -0.2) is 14.6 Å². The van der Waals surface area contributed by atoms with Crippen LogP contribution in [0, 0.1) is 0 Å². The molecule has 7 heteroatoms. The van der Waals surface area contributed by atoms with E-state index in [0.717, 1.165) is 0 Å². The van der Waals surface area contributed by atoms with Crippen LogP contribution in [0.4, 0.5) is 10.7 Å². The number of hydrogen-bond donors (Lipinski definition) is 2. The molecule has 116 valence electrons. The van der Waals surface area contributed by atoms with E-state index in [2.05, 4.69) is 20.0 Å². The molecule has 0 bridgehead atoms. The minimum Gasteiger partial charge on any atom is -0.453 e. The van der Waals surface area contributed by atoms with Crippen molar-refractivity contribution in [3.8, 4) is 5.75 Å². The third-order valence-corrected chi connectivity index (χ3v) is 3.08. The summed E-state index contributed by atoms with van der Waals surface area (Å²) in [6.45, 7) is 0. The van der Waals surface area contributed by atoms with E-state index in [-0.39, 0.29) is 5.95 Å². The van der Waals surface area contributed by atoms with Crippen molar-refractivity contribution in [3.63, 3.8) is 0 Å². The van der Waals surface area contributed by atoms with Gasteiger partial charge < -0.3 is 14.5 Å². The van der Waals surface area contributed by atoms with Gasteiger partial charge in [-0.05, 0) is 24.3 Å². The summed E-state index contributed by atoms with van der Waals surface area (Å²) in [6.07, 6.45) is -0.625. The number of anilines is 1. The molecule has 1 amide bonds. The Morgan fingerprint density at radius 2 is 1.91 bits per heavy atom. The Kier molecular flexibility index (Phi) is 3.92. The second-order valence-electron chi connectivity index (χ2n) is 4.64. The molecule has 0 fully saturated rings. The van der Waals surface area contributed by atoms with E-state index >= 15 is 0 Å². The Hall–Kier alpha value is -3.35. The van der Waals surface area contributed by atoms with Gasteiger partial charge in [0.25, 0.3) is 0 Å². The smallest absolute Gasteiger partial charge is 0.413 e. The number of imidazole rings is 1. The van der Waals surface area contributed by atoms with Crippen molar-refractivity contribution in [2.45, 2.75) is 0 Å². The first-order chi connectivity index (χ1) is 11.2. The summed E-state index contributed by atoms with van der Waals surface area (Å²) < 4.78 is 9.82. The van der Waals surface area contributed by atoms with E-state index in [1.807, 2.05) is 6.07 Å². The molecule has 0 saturated heterocycles. The lowest BCUT2D eigenvalue weighted by atomic mass is 10.2. The molecule has 0 unspecified atom stereocenters. The molecule has 7 nitrogen and oxygen atoms in total. The molecule has 2 aromatic carbocycles. The monoisotopic (exact) mass is 311 g/mol. The molecular formula is C16H13N3O4. The SMILES string of the molecule is COC(=O)Nc1nc2ccc(OC(=O)c3ccccc3)cc2[nH]1. The van der Waals surface area contributed by atoms with Crippen LogP contribution in [0.2, 0.25) is 0 Å². The van der Waals surface area contributed by atoms with E-state index in [0.29, 0.717) is 22.3 Å². The third-order valence-electron chi connectivity index (χ3n) is 3.08. The lowest BCUT2D eigenvalue weighted by Gasteiger charge is -2.03. The number of hydrogen-bond acceptors (Lipinski definition) is 5. The quantitative estimate of drug-likeness (QED) is 0.573. The van der Waals surface area contributed by atoms with Crippen molar-refractivity contribution < 1.29 is 19.1 Å². The number of carbonyl (C=O) groups is 2. The summed E-state index contributed by atoms with van der Waals surface area (Å²) in [5, 5.41) is 2.43. The zero-order chi connectivity index (χ0) is 16.2. The van der Waals surface area contributed by atoms with Gasteiger partial charge in [-0.2, -0.15) is 0 Å². The minimum absolute atomic E-state index is 0.249. The van der Waals surface area contributed by atoms with Gasteiger partial charge in [0.2, 0.25) is 5.95 Å². The number of aromatic nitrogens is 2. The van der Waals surface area contributed by atoms with Crippen molar-refractivity contribution in [2.75, 3.05) is 12.4 Å². The molecule has 0 radical (unpaired) electrons. The molecule has 0 aliphatic heterocycles. The number of aromatic amines is 1. The van der Waals surface area contributed by atoms with E-state index in [1.165, 1.54) is 7.11 Å². The number of carbonyl (C=O) groups excluding carboxylic acids is 2. The van der Waals surface area contributed by atoms with E-state index < -0.39 is 12.1 Å². The summed E-state index contributed by atoms with van der Waals surface area (Å²) in [5.41, 5.74) is 1.70. The molecule has 0 aliphatic carbocycles. The molecule has 0 atom stereocenters. The van der Waals surface area contributed by atoms with Crippen LogP contribution in [0.15, 0.2) is 48.5 Å². The molecule has 3 aromatic rings. The Balaban J connectivity index is 1.80. The van der Waals surface area contributed by atoms with Gasteiger partial charge in [-0.1, -0.05) is 18.2 Å². The normalized spacial score (nSPS) is 10.3. The molecule has 1 aromatic heterocycles. The summed E-state index contributed by atoms with van der Waals surface area (Å²) in [6, 6.07) is 13.6. The third kappa shape index (κ3) is 3.29. The van der Waals surface area contributed by atoms with Gasteiger partial charge in [-0.15, -0.1) is 0 Å². The predicted octanol–water partition coefficient (Wildman–Crippen LogP) is 2.96. The van der Waals surface area contributed by atoms with Gasteiger partial charge in [0, 0.05) is 6.07 Å². The summed E-state index contributed by atoms with van der Waals surface area (Å²) >= 11 is 0. The Labute approximate surface area is 131 Å². The number of nitrogens with one attached hydrogen (secondary N) is 2. The standard InChI is InChI=1S/C16H13N3O4/c1-22-16(21)19-15-17-12-8-7-11(9-13(12)18-15)23-14(20)10-5-3-2-4-6-10/h2-9H,1H3,(H2,17,18,19,21). The molecule has 0 aliphatic rings. The average Bonchev–Trinajstić information content (AvgIpc) is 2.96. The van der Waals surface area contributed by atoms with Crippen LogP contribution < -0.4 is 10.1 Å². The first kappa shape index (κ1) is 14.6. The molecule has 3 rings (SSSR count). The van der Waals surface area contributed by atoms with Crippen molar-refractivity contribution in [2.24, 2.45) is 0 Å². The Bertz CT molecular complexity index is 858. The van der Waals surface area contributed by atoms with Gasteiger partial charge in [-0.3, -0.25) is 5.32 Å². The van der Waals surface area contributed by atoms with Crippen LogP contribution in [0.3, 0.4) is 0 Å². The fourth-order valence-corrected chi connectivity index (χ4v) is 2.00. The number of esters is 1. The molecule has 0 spiro atoms. The number of amides is 1. The predicted molar refractivity (Wildman–Crippen MR) is 83.5 cm³/mol. The van der Waals surface area contributed by atoms with Crippen LogP contribution in [-0.2, 0) is 4.74 Å². The van der Waals surface area contributed by atoms with Crippen molar-refractivity contribution >= 4 is 29.0 Å². The Morgan fingerprint density at radius 3 is 2.65 bits per heavy atom. The molecule has 0 saturated carbocycles. The maximum atomic E-state index is 12.0. The van der Waals surface area contributed by atoms with Gasteiger partial charge in [0.1, 0.15) is 5.75 Å². The number of benzene rings is 2. The summed E-state index contributed by atoms with van der Waals surface area (Å²) in [4.78, 5) is 30.3. The maximum absolute atomic E-state index is 12.0. The highest BCUT2D eigenvalue weighted by molar-refractivity contribution is 5.92. The number of methoxy groups -OCH3 is 1. The molecule has 1 heterocycles. The van der Waals surface area contributed by atoms with Crippen LogP contribution >= 0.6 is 0 Å². The van der Waals surface area contributed by atoms with Gasteiger partial charge in [0.05, 0.1) is 23.7 Å². The fraction of sp³-hybridized carbons (Fsp3) is 0.0625. The Morgan fingerprint density at radius 1 is 1.13 bits per heavy atom. The zero-order valence-electron chi connectivity index (χ0n) is 12.2. The van der Waals surface area contributed by atoms with Gasteiger partial charge >= 0.3 is 12.1 Å². The number of nitrogens with zero attached hydrogens (tertiary/aromatic N) is 1. The topological polar surface area (TPSA) is 93.3 Å². The second kappa shape index (κ2) is 6.18. The van der Waals surface area contributed by atoms with Crippen molar-refractivity contribution in [1.82, 2.24) is 9.97 Å². The number of rotatable bonds is 3. The maximum Gasteiger partial charge on any atom is 0.413 e. The number of fused-ring (bicyclic) bond motifs is 1. The van der Waals surface area contributed by atoms with Crippen LogP contribution in [0.25, 0.3) is 11.0 Å². The number of H-pyrrole nitrogens is 1. The largest absolute Gasteiger partial charge is 0.453 e. The van der Waals surface area contributed by atoms with Crippen molar-refractivity contribution in [1.29, 1.82) is 0 Å². The molecular weight excluding hydrogens is 298 g/mol. The first-order valence-corrected chi connectivity index (χ1v) is 6.77. The lowest BCUT2D eigenvalue weighted by molar-refractivity contribution is 0.0735.